The number of nitrogens with one attached hydrogen (secondary N) is 1. The van der Waals surface area contributed by atoms with Crippen LogP contribution in [0.3, 0.4) is 0 Å². The Kier molecular flexibility index (Phi) is 6.73. The van der Waals surface area contributed by atoms with Crippen molar-refractivity contribution in [3.05, 3.63) is 0 Å². The number of hydrogen-bond donors (Lipinski definition) is 2. The van der Waals surface area contributed by atoms with E-state index in [0.29, 0.717) is 13.0 Å². The molecule has 0 radical (unpaired) electrons. The summed E-state index contributed by atoms with van der Waals surface area (Å²) in [5, 5.41) is 11.7. The van der Waals surface area contributed by atoms with Gasteiger partial charge < -0.3 is 15.3 Å². The average molecular weight is 258 g/mol. The molecule has 0 aromatic rings. The van der Waals surface area contributed by atoms with Gasteiger partial charge in [-0.25, -0.2) is 4.79 Å². The number of rotatable bonds is 6. The Hall–Kier alpha value is -1.26. The number of carboxylic acids is 1. The molecule has 0 spiro atoms. The highest BCUT2D eigenvalue weighted by Crippen LogP contribution is 2.14. The van der Waals surface area contributed by atoms with Gasteiger partial charge >= 0.3 is 12.0 Å². The van der Waals surface area contributed by atoms with Gasteiger partial charge in [0.1, 0.15) is 0 Å². The summed E-state index contributed by atoms with van der Waals surface area (Å²) < 4.78 is 0. The van der Waals surface area contributed by atoms with Crippen molar-refractivity contribution in [3.63, 3.8) is 0 Å². The van der Waals surface area contributed by atoms with Crippen LogP contribution in [0.1, 0.15) is 40.5 Å². The zero-order valence-corrected chi connectivity index (χ0v) is 12.1. The van der Waals surface area contributed by atoms with Crippen LogP contribution in [0.5, 0.6) is 0 Å². The van der Waals surface area contributed by atoms with Gasteiger partial charge in [-0.2, -0.15) is 0 Å². The van der Waals surface area contributed by atoms with Crippen molar-refractivity contribution in [2.24, 2.45) is 11.3 Å². The Morgan fingerprint density at radius 1 is 1.33 bits per heavy atom. The van der Waals surface area contributed by atoms with Gasteiger partial charge in [0.05, 0.1) is 5.92 Å². The van der Waals surface area contributed by atoms with E-state index in [-0.39, 0.29) is 18.0 Å². The molecule has 5 nitrogen and oxygen atoms in total. The lowest BCUT2D eigenvalue weighted by Crippen LogP contribution is -2.43. The van der Waals surface area contributed by atoms with E-state index < -0.39 is 11.9 Å². The molecule has 5 heteroatoms. The summed E-state index contributed by atoms with van der Waals surface area (Å²) >= 11 is 0. The topological polar surface area (TPSA) is 69.6 Å². The zero-order valence-electron chi connectivity index (χ0n) is 12.1. The Labute approximate surface area is 110 Å². The van der Waals surface area contributed by atoms with E-state index in [0.717, 1.165) is 6.42 Å². The molecule has 1 unspecified atom stereocenters. The predicted octanol–water partition coefficient (Wildman–Crippen LogP) is 2.17. The molecule has 0 aliphatic carbocycles. The first-order valence-corrected chi connectivity index (χ1v) is 6.39. The SMILES string of the molecule is CCCC(CNC(=O)N(C)CC(C)(C)C)C(=O)O. The van der Waals surface area contributed by atoms with Crippen molar-refractivity contribution in [1.29, 1.82) is 0 Å². The number of nitrogens with zero attached hydrogens (tertiary/aromatic N) is 1. The Bertz CT molecular complexity index is 284. The largest absolute Gasteiger partial charge is 0.481 e. The maximum absolute atomic E-state index is 11.8. The summed E-state index contributed by atoms with van der Waals surface area (Å²) in [6, 6.07) is -0.215. The maximum atomic E-state index is 11.8. The lowest BCUT2D eigenvalue weighted by atomic mass is 9.96. The van der Waals surface area contributed by atoms with Crippen LogP contribution >= 0.6 is 0 Å². The van der Waals surface area contributed by atoms with Crippen LogP contribution < -0.4 is 5.32 Å². The lowest BCUT2D eigenvalue weighted by molar-refractivity contribution is -0.141. The van der Waals surface area contributed by atoms with Crippen molar-refractivity contribution >= 4 is 12.0 Å². The monoisotopic (exact) mass is 258 g/mol. The van der Waals surface area contributed by atoms with Gasteiger partial charge in [-0.05, 0) is 11.8 Å². The van der Waals surface area contributed by atoms with E-state index in [1.807, 2.05) is 27.7 Å². The minimum Gasteiger partial charge on any atom is -0.481 e. The zero-order chi connectivity index (χ0) is 14.3. The average Bonchev–Trinajstić information content (AvgIpc) is 2.20. The fourth-order valence-electron chi connectivity index (χ4n) is 1.79. The van der Waals surface area contributed by atoms with Crippen molar-refractivity contribution in [2.45, 2.75) is 40.5 Å². The second-order valence-electron chi connectivity index (χ2n) is 5.93. The highest BCUT2D eigenvalue weighted by Gasteiger charge is 2.20. The molecule has 0 bridgehead atoms. The molecule has 0 saturated carbocycles. The van der Waals surface area contributed by atoms with E-state index in [4.69, 9.17) is 5.11 Å². The number of hydrogen-bond acceptors (Lipinski definition) is 2. The van der Waals surface area contributed by atoms with Gasteiger partial charge in [0.25, 0.3) is 0 Å². The third kappa shape index (κ3) is 7.14. The molecule has 0 aliphatic rings. The van der Waals surface area contributed by atoms with Crippen LogP contribution in [-0.2, 0) is 4.79 Å². The highest BCUT2D eigenvalue weighted by atomic mass is 16.4. The van der Waals surface area contributed by atoms with Gasteiger partial charge in [0.15, 0.2) is 0 Å². The Morgan fingerprint density at radius 2 is 1.89 bits per heavy atom. The maximum Gasteiger partial charge on any atom is 0.317 e. The molecule has 0 aromatic carbocycles. The van der Waals surface area contributed by atoms with E-state index in [1.165, 1.54) is 0 Å². The van der Waals surface area contributed by atoms with Crippen molar-refractivity contribution in [2.75, 3.05) is 20.1 Å². The summed E-state index contributed by atoms with van der Waals surface area (Å²) in [6.45, 7) is 8.90. The van der Waals surface area contributed by atoms with Crippen LogP contribution in [0.4, 0.5) is 4.79 Å². The normalized spacial score (nSPS) is 12.9. The molecule has 18 heavy (non-hydrogen) atoms. The molecule has 0 saturated heterocycles. The molecular weight excluding hydrogens is 232 g/mol. The van der Waals surface area contributed by atoms with Crippen LogP contribution in [-0.4, -0.2) is 42.1 Å². The van der Waals surface area contributed by atoms with E-state index in [1.54, 1.807) is 11.9 Å². The third-order valence-corrected chi connectivity index (χ3v) is 2.54. The second-order valence-corrected chi connectivity index (χ2v) is 5.93. The second kappa shape index (κ2) is 7.24. The first-order valence-electron chi connectivity index (χ1n) is 6.39. The fourth-order valence-corrected chi connectivity index (χ4v) is 1.79. The summed E-state index contributed by atoms with van der Waals surface area (Å²) in [5.41, 5.74) is 0.0295. The molecule has 2 N–H and O–H groups in total. The smallest absolute Gasteiger partial charge is 0.317 e. The molecule has 0 rings (SSSR count). The molecule has 0 fully saturated rings. The van der Waals surface area contributed by atoms with Crippen LogP contribution in [0.2, 0.25) is 0 Å². The molecule has 2 amide bonds. The molecule has 0 aliphatic heterocycles. The number of carbonyl (C=O) groups excluding carboxylic acids is 1. The summed E-state index contributed by atoms with van der Waals surface area (Å²) in [4.78, 5) is 24.3. The summed E-state index contributed by atoms with van der Waals surface area (Å²) in [7, 11) is 1.72. The predicted molar refractivity (Wildman–Crippen MR) is 71.5 cm³/mol. The minimum absolute atomic E-state index is 0.0295. The summed E-state index contributed by atoms with van der Waals surface area (Å²) in [6.07, 6.45) is 1.38. The molecule has 1 atom stereocenters. The van der Waals surface area contributed by atoms with Crippen LogP contribution in [0.25, 0.3) is 0 Å². The van der Waals surface area contributed by atoms with Gasteiger partial charge in [-0.3, -0.25) is 4.79 Å². The minimum atomic E-state index is -0.851. The lowest BCUT2D eigenvalue weighted by Gasteiger charge is -2.27. The molecule has 0 aromatic heterocycles. The van der Waals surface area contributed by atoms with Gasteiger partial charge in [-0.1, -0.05) is 34.1 Å². The fraction of sp³-hybridized carbons (Fsp3) is 0.846. The Balaban J connectivity index is 4.19. The van der Waals surface area contributed by atoms with Crippen LogP contribution in [0.15, 0.2) is 0 Å². The van der Waals surface area contributed by atoms with Gasteiger partial charge in [-0.15, -0.1) is 0 Å². The number of aliphatic carboxylic acids is 1. The van der Waals surface area contributed by atoms with Crippen molar-refractivity contribution < 1.29 is 14.7 Å². The number of carbonyl (C=O) groups is 2. The highest BCUT2D eigenvalue weighted by molar-refractivity contribution is 5.75. The standard InChI is InChI=1S/C13H26N2O3/c1-6-7-10(11(16)17)8-14-12(18)15(5)9-13(2,3)4/h10H,6-9H2,1-5H3,(H,14,18)(H,16,17). The van der Waals surface area contributed by atoms with E-state index in [2.05, 4.69) is 5.32 Å². The third-order valence-electron chi connectivity index (χ3n) is 2.54. The van der Waals surface area contributed by atoms with E-state index in [9.17, 15) is 9.59 Å². The quantitative estimate of drug-likeness (QED) is 0.767. The van der Waals surface area contributed by atoms with Crippen molar-refractivity contribution in [1.82, 2.24) is 10.2 Å². The first-order chi connectivity index (χ1) is 8.17. The molecule has 0 heterocycles. The van der Waals surface area contributed by atoms with Gasteiger partial charge in [0.2, 0.25) is 0 Å². The first kappa shape index (κ1) is 16.7. The molecular formula is C13H26N2O3. The van der Waals surface area contributed by atoms with Crippen LogP contribution in [0, 0.1) is 11.3 Å². The van der Waals surface area contributed by atoms with Crippen molar-refractivity contribution in [3.8, 4) is 0 Å². The number of carboxylic acid groups (broad SMARTS) is 1. The Morgan fingerprint density at radius 3 is 2.28 bits per heavy atom. The number of amides is 2. The summed E-state index contributed by atoms with van der Waals surface area (Å²) in [5.74, 6) is -1.35. The van der Waals surface area contributed by atoms with Gasteiger partial charge in [0, 0.05) is 20.1 Å². The number of urea groups is 1. The molecule has 106 valence electrons. The van der Waals surface area contributed by atoms with E-state index >= 15 is 0 Å².